The molecule has 70 valence electrons. The molecule has 0 aliphatic carbocycles. The van der Waals surface area contributed by atoms with Gasteiger partial charge in [-0.1, -0.05) is 0 Å². The molecule has 0 amide bonds. The fourth-order valence-electron chi connectivity index (χ4n) is 1.37. The third kappa shape index (κ3) is 1.75. The molecule has 1 heterocycles. The first-order valence-electron chi connectivity index (χ1n) is 3.50. The Morgan fingerprint density at radius 1 is 1.42 bits per heavy atom. The van der Waals surface area contributed by atoms with Crippen LogP contribution in [-0.2, 0) is 14.6 Å². The molecule has 2 N–H and O–H groups in total. The minimum atomic E-state index is -3.24. The highest BCUT2D eigenvalue weighted by atomic mass is 32.2. The number of sulfone groups is 1. The zero-order chi connectivity index (χ0) is 9.35. The van der Waals surface area contributed by atoms with Gasteiger partial charge < -0.3 is 10.2 Å². The van der Waals surface area contributed by atoms with Gasteiger partial charge in [0.25, 0.3) is 0 Å². The number of aliphatic hydroxyl groups excluding tert-OH is 1. The van der Waals surface area contributed by atoms with Crippen molar-refractivity contribution < 1.29 is 23.4 Å². The van der Waals surface area contributed by atoms with E-state index in [1.54, 1.807) is 0 Å². The summed E-state index contributed by atoms with van der Waals surface area (Å²) in [6, 6.07) is 0. The molecule has 1 fully saturated rings. The zero-order valence-electron chi connectivity index (χ0n) is 6.30. The molecule has 0 aromatic heterocycles. The predicted octanol–water partition coefficient (Wildman–Crippen LogP) is -1.28. The van der Waals surface area contributed by atoms with Crippen LogP contribution in [0.3, 0.4) is 0 Å². The Labute approximate surface area is 69.9 Å². The summed E-state index contributed by atoms with van der Waals surface area (Å²) >= 11 is 0. The van der Waals surface area contributed by atoms with E-state index in [-0.39, 0.29) is 18.1 Å². The van der Waals surface area contributed by atoms with Crippen LogP contribution in [0.4, 0.5) is 0 Å². The minimum absolute atomic E-state index is 0.208. The summed E-state index contributed by atoms with van der Waals surface area (Å²) in [5.74, 6) is -3.25. The summed E-state index contributed by atoms with van der Waals surface area (Å²) in [7, 11) is -3.24. The molecule has 1 aliphatic rings. The van der Waals surface area contributed by atoms with E-state index in [9.17, 15) is 13.2 Å². The van der Waals surface area contributed by atoms with Crippen LogP contribution >= 0.6 is 0 Å². The Morgan fingerprint density at radius 3 is 2.33 bits per heavy atom. The first-order valence-corrected chi connectivity index (χ1v) is 5.32. The summed E-state index contributed by atoms with van der Waals surface area (Å²) in [5, 5.41) is 17.3. The van der Waals surface area contributed by atoms with E-state index >= 15 is 0 Å². The average molecular weight is 194 g/mol. The highest BCUT2D eigenvalue weighted by molar-refractivity contribution is 7.91. The van der Waals surface area contributed by atoms with Crippen molar-refractivity contribution in [3.8, 4) is 0 Å². The number of hydrogen-bond donors (Lipinski definition) is 2. The van der Waals surface area contributed by atoms with E-state index in [4.69, 9.17) is 10.2 Å². The Bertz CT molecular complexity index is 280. The van der Waals surface area contributed by atoms with Crippen LogP contribution in [0.15, 0.2) is 0 Å². The quantitative estimate of drug-likeness (QED) is 0.571. The summed E-state index contributed by atoms with van der Waals surface area (Å²) in [5.41, 5.74) is 0. The summed E-state index contributed by atoms with van der Waals surface area (Å²) in [6.07, 6.45) is 0. The van der Waals surface area contributed by atoms with E-state index in [1.165, 1.54) is 0 Å². The first kappa shape index (κ1) is 9.47. The number of aliphatic carboxylic acids is 1. The van der Waals surface area contributed by atoms with Crippen molar-refractivity contribution >= 4 is 15.8 Å². The van der Waals surface area contributed by atoms with Gasteiger partial charge in [-0.05, 0) is 0 Å². The Hall–Kier alpha value is -0.620. The van der Waals surface area contributed by atoms with Gasteiger partial charge in [0.05, 0.1) is 17.4 Å². The fourth-order valence-corrected chi connectivity index (χ4v) is 3.46. The second-order valence-electron chi connectivity index (χ2n) is 2.96. The summed E-state index contributed by atoms with van der Waals surface area (Å²) < 4.78 is 21.9. The molecule has 1 saturated heterocycles. The van der Waals surface area contributed by atoms with Crippen LogP contribution in [-0.4, -0.2) is 42.7 Å². The van der Waals surface area contributed by atoms with Crippen LogP contribution in [0.2, 0.25) is 0 Å². The molecule has 0 bridgehead atoms. The molecule has 5 nitrogen and oxygen atoms in total. The normalized spacial score (nSPS) is 33.4. The van der Waals surface area contributed by atoms with Crippen LogP contribution in [0.5, 0.6) is 0 Å². The van der Waals surface area contributed by atoms with Gasteiger partial charge in [0.1, 0.15) is 0 Å². The lowest BCUT2D eigenvalue weighted by atomic mass is 9.97. The number of carboxylic acids is 1. The third-order valence-electron chi connectivity index (χ3n) is 2.02. The minimum Gasteiger partial charge on any atom is -0.481 e. The maximum Gasteiger partial charge on any atom is 0.307 e. The van der Waals surface area contributed by atoms with Gasteiger partial charge in [-0.15, -0.1) is 0 Å². The second-order valence-corrected chi connectivity index (χ2v) is 5.12. The molecule has 0 unspecified atom stereocenters. The largest absolute Gasteiger partial charge is 0.481 e. The van der Waals surface area contributed by atoms with Gasteiger partial charge in [-0.3, -0.25) is 4.79 Å². The first-order chi connectivity index (χ1) is 5.46. The average Bonchev–Trinajstić information content (AvgIpc) is 2.25. The van der Waals surface area contributed by atoms with Crippen LogP contribution in [0.25, 0.3) is 0 Å². The predicted molar refractivity (Wildman–Crippen MR) is 40.4 cm³/mol. The summed E-state index contributed by atoms with van der Waals surface area (Å²) in [4.78, 5) is 10.5. The molecular weight excluding hydrogens is 184 g/mol. The molecule has 0 aromatic carbocycles. The van der Waals surface area contributed by atoms with Crippen molar-refractivity contribution in [2.75, 3.05) is 18.1 Å². The van der Waals surface area contributed by atoms with E-state index in [1.807, 2.05) is 0 Å². The van der Waals surface area contributed by atoms with Gasteiger partial charge in [0.2, 0.25) is 0 Å². The van der Waals surface area contributed by atoms with Crippen molar-refractivity contribution in [2.45, 2.75) is 0 Å². The molecule has 6 heteroatoms. The van der Waals surface area contributed by atoms with Crippen molar-refractivity contribution in [3.05, 3.63) is 0 Å². The molecule has 2 atom stereocenters. The number of aliphatic hydroxyl groups is 1. The van der Waals surface area contributed by atoms with Gasteiger partial charge in [-0.25, -0.2) is 8.42 Å². The Balaban J connectivity index is 2.83. The standard InChI is InChI=1S/C6H10O5S/c7-1-4-2-12(10,11)3-5(4)6(8)9/h4-5,7H,1-3H2,(H,8,9)/t4-,5-/m1/s1. The lowest BCUT2D eigenvalue weighted by Gasteiger charge is -2.08. The Kier molecular flexibility index (Phi) is 2.39. The Morgan fingerprint density at radius 2 is 2.00 bits per heavy atom. The SMILES string of the molecule is O=C(O)[C@@H]1CS(=O)(=O)C[C@H]1CO. The van der Waals surface area contributed by atoms with Gasteiger partial charge in [0.15, 0.2) is 9.84 Å². The molecule has 1 rings (SSSR count). The van der Waals surface area contributed by atoms with Crippen molar-refractivity contribution in [1.82, 2.24) is 0 Å². The molecule has 0 spiro atoms. The highest BCUT2D eigenvalue weighted by Crippen LogP contribution is 2.24. The molecule has 0 radical (unpaired) electrons. The van der Waals surface area contributed by atoms with Crippen molar-refractivity contribution in [3.63, 3.8) is 0 Å². The number of carbonyl (C=O) groups is 1. The van der Waals surface area contributed by atoms with Crippen LogP contribution in [0.1, 0.15) is 0 Å². The molecular formula is C6H10O5S. The second kappa shape index (κ2) is 3.02. The maximum absolute atomic E-state index is 10.9. The van der Waals surface area contributed by atoms with Gasteiger partial charge >= 0.3 is 5.97 Å². The lowest BCUT2D eigenvalue weighted by Crippen LogP contribution is -2.24. The number of hydrogen-bond acceptors (Lipinski definition) is 4. The topological polar surface area (TPSA) is 91.7 Å². The van der Waals surface area contributed by atoms with E-state index in [2.05, 4.69) is 0 Å². The number of carboxylic acid groups (broad SMARTS) is 1. The van der Waals surface area contributed by atoms with E-state index in [0.29, 0.717) is 0 Å². The van der Waals surface area contributed by atoms with E-state index in [0.717, 1.165) is 0 Å². The zero-order valence-corrected chi connectivity index (χ0v) is 7.12. The molecule has 12 heavy (non-hydrogen) atoms. The maximum atomic E-state index is 10.9. The molecule has 0 aromatic rings. The third-order valence-corrected chi connectivity index (χ3v) is 3.83. The molecule has 1 aliphatic heterocycles. The van der Waals surface area contributed by atoms with E-state index < -0.39 is 27.6 Å². The summed E-state index contributed by atoms with van der Waals surface area (Å²) in [6.45, 7) is -0.379. The van der Waals surface area contributed by atoms with Crippen LogP contribution < -0.4 is 0 Å². The lowest BCUT2D eigenvalue weighted by molar-refractivity contribution is -0.142. The highest BCUT2D eigenvalue weighted by Gasteiger charge is 2.41. The van der Waals surface area contributed by atoms with Gasteiger partial charge in [0, 0.05) is 12.5 Å². The van der Waals surface area contributed by atoms with Gasteiger partial charge in [-0.2, -0.15) is 0 Å². The smallest absolute Gasteiger partial charge is 0.307 e. The van der Waals surface area contributed by atoms with Crippen LogP contribution in [0, 0.1) is 11.8 Å². The number of rotatable bonds is 2. The monoisotopic (exact) mass is 194 g/mol. The van der Waals surface area contributed by atoms with Crippen molar-refractivity contribution in [1.29, 1.82) is 0 Å². The van der Waals surface area contributed by atoms with Crippen molar-refractivity contribution in [2.24, 2.45) is 11.8 Å². The fraction of sp³-hybridized carbons (Fsp3) is 0.833. The molecule has 0 saturated carbocycles.